The molecule has 0 saturated heterocycles. The summed E-state index contributed by atoms with van der Waals surface area (Å²) in [6.45, 7) is 14.1. The van der Waals surface area contributed by atoms with Gasteiger partial charge >= 0.3 is 39.5 Å². The number of carbonyl (C=O) groups is 4. The minimum Gasteiger partial charge on any atom is -0.462 e. The molecule has 89 heavy (non-hydrogen) atoms. The topological polar surface area (TPSA) is 237 Å². The minimum absolute atomic E-state index is 0.103. The van der Waals surface area contributed by atoms with E-state index in [1.54, 1.807) is 0 Å². The summed E-state index contributed by atoms with van der Waals surface area (Å²) in [4.78, 5) is 72.5. The molecule has 0 fully saturated rings. The fourth-order valence-corrected chi connectivity index (χ4v) is 12.1. The van der Waals surface area contributed by atoms with Gasteiger partial charge < -0.3 is 33.8 Å². The normalized spacial score (nSPS) is 14.3. The molecular formula is C70H136O17P2. The van der Waals surface area contributed by atoms with E-state index in [-0.39, 0.29) is 25.7 Å². The van der Waals surface area contributed by atoms with Crippen molar-refractivity contribution in [1.29, 1.82) is 0 Å². The SMILES string of the molecule is CC(C)CCCCCCCCCCCCCCCC(=O)O[C@H](COC(=O)CCCCCCCCCCC(C)C)COP(=O)(O)OCC(O)COP(=O)(O)OC[C@@H](COC(=O)CCCCCCCCCCC(C)C)OC(=O)CCCCCCCCCCC(C)C. The number of esters is 4. The van der Waals surface area contributed by atoms with Crippen LogP contribution in [-0.2, 0) is 65.4 Å². The molecule has 0 aromatic carbocycles. The Kier molecular flexibility index (Phi) is 58.5. The summed E-state index contributed by atoms with van der Waals surface area (Å²) in [5.74, 6) is 0.826. The van der Waals surface area contributed by atoms with Gasteiger partial charge in [-0.1, -0.05) is 293 Å². The van der Waals surface area contributed by atoms with Crippen LogP contribution in [0.1, 0.15) is 344 Å². The van der Waals surface area contributed by atoms with Gasteiger partial charge in [-0.05, 0) is 49.4 Å². The molecular weight excluding hydrogens is 1170 g/mol. The number of phosphoric ester groups is 2. The van der Waals surface area contributed by atoms with Crippen molar-refractivity contribution in [2.45, 2.75) is 363 Å². The summed E-state index contributed by atoms with van der Waals surface area (Å²) in [7, 11) is -9.90. The van der Waals surface area contributed by atoms with Crippen LogP contribution < -0.4 is 0 Å². The molecule has 0 aliphatic heterocycles. The third kappa shape index (κ3) is 64.6. The van der Waals surface area contributed by atoms with Crippen LogP contribution in [-0.4, -0.2) is 96.7 Å². The Balaban J connectivity index is 5.25. The van der Waals surface area contributed by atoms with Crippen LogP contribution >= 0.6 is 15.6 Å². The number of rotatable bonds is 67. The Morgan fingerprint density at radius 2 is 0.472 bits per heavy atom. The predicted octanol–water partition coefficient (Wildman–Crippen LogP) is 19.7. The summed E-state index contributed by atoms with van der Waals surface area (Å²) in [5, 5.41) is 10.6. The van der Waals surface area contributed by atoms with Crippen molar-refractivity contribution >= 4 is 39.5 Å². The number of ether oxygens (including phenoxy) is 4. The molecule has 528 valence electrons. The number of phosphoric acid groups is 2. The maximum Gasteiger partial charge on any atom is 0.472 e. The maximum atomic E-state index is 13.0. The first kappa shape index (κ1) is 87.1. The smallest absolute Gasteiger partial charge is 0.462 e. The van der Waals surface area contributed by atoms with E-state index in [1.807, 2.05) is 0 Å². The fraction of sp³-hybridized carbons (Fsp3) is 0.943. The van der Waals surface area contributed by atoms with E-state index in [0.29, 0.717) is 25.7 Å². The molecule has 0 amide bonds. The van der Waals surface area contributed by atoms with Gasteiger partial charge in [0.05, 0.1) is 26.4 Å². The molecule has 0 aliphatic carbocycles. The molecule has 0 radical (unpaired) electrons. The first-order valence-corrected chi connectivity index (χ1v) is 39.2. The lowest BCUT2D eigenvalue weighted by atomic mass is 10.0. The highest BCUT2D eigenvalue weighted by Gasteiger charge is 2.30. The second-order valence-corrected chi connectivity index (χ2v) is 30.1. The second kappa shape index (κ2) is 59.8. The van der Waals surface area contributed by atoms with Crippen LogP contribution in [0, 0.1) is 23.7 Å². The van der Waals surface area contributed by atoms with Crippen molar-refractivity contribution in [3.63, 3.8) is 0 Å². The summed E-state index contributed by atoms with van der Waals surface area (Å²) in [5.41, 5.74) is 0. The van der Waals surface area contributed by atoms with Crippen LogP contribution in [0.5, 0.6) is 0 Å². The third-order valence-electron chi connectivity index (χ3n) is 16.1. The number of aliphatic hydroxyl groups is 1. The van der Waals surface area contributed by atoms with Crippen molar-refractivity contribution in [2.75, 3.05) is 39.6 Å². The van der Waals surface area contributed by atoms with Gasteiger partial charge in [0.2, 0.25) is 0 Å². The summed E-state index contributed by atoms with van der Waals surface area (Å²) >= 11 is 0. The number of aliphatic hydroxyl groups excluding tert-OH is 1. The van der Waals surface area contributed by atoms with E-state index in [4.69, 9.17) is 37.0 Å². The largest absolute Gasteiger partial charge is 0.472 e. The zero-order valence-electron chi connectivity index (χ0n) is 58.1. The number of carbonyl (C=O) groups excluding carboxylic acids is 4. The molecule has 0 heterocycles. The van der Waals surface area contributed by atoms with Gasteiger partial charge in [0.15, 0.2) is 12.2 Å². The lowest BCUT2D eigenvalue weighted by Gasteiger charge is -2.21. The summed E-state index contributed by atoms with van der Waals surface area (Å²) in [6.07, 6.45) is 41.8. The van der Waals surface area contributed by atoms with Crippen LogP contribution in [0.15, 0.2) is 0 Å². The molecule has 0 spiro atoms. The molecule has 0 aromatic rings. The molecule has 17 nitrogen and oxygen atoms in total. The molecule has 0 rings (SSSR count). The first-order chi connectivity index (χ1) is 42.6. The van der Waals surface area contributed by atoms with E-state index in [1.165, 1.54) is 148 Å². The monoisotopic (exact) mass is 1310 g/mol. The lowest BCUT2D eigenvalue weighted by molar-refractivity contribution is -0.161. The molecule has 3 unspecified atom stereocenters. The minimum atomic E-state index is -4.95. The highest BCUT2D eigenvalue weighted by atomic mass is 31.2. The molecule has 0 aromatic heterocycles. The lowest BCUT2D eigenvalue weighted by Crippen LogP contribution is -2.30. The van der Waals surface area contributed by atoms with Gasteiger partial charge in [0.25, 0.3) is 0 Å². The Bertz CT molecular complexity index is 1760. The van der Waals surface area contributed by atoms with Crippen molar-refractivity contribution in [3.05, 3.63) is 0 Å². The molecule has 0 bridgehead atoms. The van der Waals surface area contributed by atoms with Gasteiger partial charge in [-0.3, -0.25) is 37.3 Å². The average molecular weight is 1310 g/mol. The van der Waals surface area contributed by atoms with Gasteiger partial charge in [-0.25, -0.2) is 9.13 Å². The van der Waals surface area contributed by atoms with E-state index < -0.39 is 97.5 Å². The van der Waals surface area contributed by atoms with Gasteiger partial charge in [0.1, 0.15) is 19.3 Å². The van der Waals surface area contributed by atoms with E-state index >= 15 is 0 Å². The Morgan fingerprint density at radius 1 is 0.281 bits per heavy atom. The molecule has 0 aliphatic rings. The zero-order valence-corrected chi connectivity index (χ0v) is 59.8. The predicted molar refractivity (Wildman–Crippen MR) is 358 cm³/mol. The Morgan fingerprint density at radius 3 is 0.697 bits per heavy atom. The summed E-state index contributed by atoms with van der Waals surface area (Å²) < 4.78 is 68.3. The molecule has 19 heteroatoms. The van der Waals surface area contributed by atoms with Gasteiger partial charge in [0, 0.05) is 25.7 Å². The average Bonchev–Trinajstić information content (AvgIpc) is 3.70. The van der Waals surface area contributed by atoms with Crippen molar-refractivity contribution in [2.24, 2.45) is 23.7 Å². The quantitative estimate of drug-likeness (QED) is 0.0222. The van der Waals surface area contributed by atoms with E-state index in [2.05, 4.69) is 55.4 Å². The second-order valence-electron chi connectivity index (χ2n) is 27.2. The van der Waals surface area contributed by atoms with Crippen molar-refractivity contribution < 1.29 is 80.2 Å². The van der Waals surface area contributed by atoms with Crippen LogP contribution in [0.3, 0.4) is 0 Å². The number of unbranched alkanes of at least 4 members (excludes halogenated alkanes) is 33. The maximum absolute atomic E-state index is 13.0. The molecule has 3 N–H and O–H groups in total. The Hall–Kier alpha value is -1.94. The van der Waals surface area contributed by atoms with Crippen LogP contribution in [0.25, 0.3) is 0 Å². The van der Waals surface area contributed by atoms with Crippen molar-refractivity contribution in [3.8, 4) is 0 Å². The molecule has 5 atom stereocenters. The highest BCUT2D eigenvalue weighted by Crippen LogP contribution is 2.45. The van der Waals surface area contributed by atoms with E-state index in [9.17, 15) is 43.2 Å². The highest BCUT2D eigenvalue weighted by molar-refractivity contribution is 7.47. The first-order valence-electron chi connectivity index (χ1n) is 36.2. The van der Waals surface area contributed by atoms with Crippen molar-refractivity contribution in [1.82, 2.24) is 0 Å². The van der Waals surface area contributed by atoms with Crippen LogP contribution in [0.4, 0.5) is 0 Å². The number of hydrogen-bond acceptors (Lipinski definition) is 15. The standard InChI is InChI=1S/C70H136O17P2/c1-60(2)46-38-30-22-14-12-10-9-11-13-15-28-36-44-52-69(74)86-65(56-80-67(72)50-42-34-26-19-16-23-31-39-47-61(3)4)58-84-88(76,77)82-54-64(71)55-83-89(78,79)85-59-66(87-70(75)53-45-37-29-21-18-25-33-41-49-63(7)8)57-81-68(73)51-43-35-27-20-17-24-32-40-48-62(5)6/h60-66,71H,9-59H2,1-8H3,(H,76,77)(H,78,79)/t64?,65-,66-/m1/s1. The molecule has 0 saturated carbocycles. The third-order valence-corrected chi connectivity index (χ3v) is 18.0. The van der Waals surface area contributed by atoms with Gasteiger partial charge in [-0.15, -0.1) is 0 Å². The number of hydrogen-bond donors (Lipinski definition) is 3. The zero-order chi connectivity index (χ0) is 66.1. The van der Waals surface area contributed by atoms with Gasteiger partial charge in [-0.2, -0.15) is 0 Å². The Labute approximate surface area is 543 Å². The van der Waals surface area contributed by atoms with Crippen LogP contribution in [0.2, 0.25) is 0 Å². The fourth-order valence-electron chi connectivity index (χ4n) is 10.5. The summed E-state index contributed by atoms with van der Waals surface area (Å²) in [6, 6.07) is 0. The van der Waals surface area contributed by atoms with E-state index in [0.717, 1.165) is 114 Å².